The van der Waals surface area contributed by atoms with Crippen LogP contribution in [0.4, 0.5) is 105 Å². The molecule has 0 bridgehead atoms. The van der Waals surface area contributed by atoms with Gasteiger partial charge in [0, 0.05) is 39.8 Å². The van der Waals surface area contributed by atoms with Crippen LogP contribution in [-0.4, -0.2) is 64.5 Å². The lowest BCUT2D eigenvalue weighted by atomic mass is 10.1. The minimum Gasteiger partial charge on any atom is -0.497 e. The van der Waals surface area contributed by atoms with Crippen LogP contribution >= 0.6 is 23.2 Å². The Labute approximate surface area is 573 Å². The lowest BCUT2D eigenvalue weighted by Crippen LogP contribution is -2.08. The van der Waals surface area contributed by atoms with Gasteiger partial charge in [0.15, 0.2) is 0 Å². The van der Waals surface area contributed by atoms with E-state index in [2.05, 4.69) is 119 Å². The number of halogens is 2. The van der Waals surface area contributed by atoms with E-state index in [0.717, 1.165) is 80.8 Å². The van der Waals surface area contributed by atoms with Crippen LogP contribution in [0, 0.1) is 20.8 Å². The molecule has 9 N–H and O–H groups in total. The predicted octanol–water partition coefficient (Wildman–Crippen LogP) is 18.8. The molecule has 3 aromatic heterocycles. The number of carbonyl (C=O) groups excluding carboxylic acids is 1. The van der Waals surface area contributed by atoms with Gasteiger partial charge in [-0.2, -0.15) is 44.9 Å². The van der Waals surface area contributed by atoms with Gasteiger partial charge in [0.25, 0.3) is 0 Å². The van der Waals surface area contributed by atoms with Crippen LogP contribution < -0.4 is 52.6 Å². The topological polar surface area (TPSA) is 260 Å². The van der Waals surface area contributed by atoms with Crippen molar-refractivity contribution in [2.75, 3.05) is 61.6 Å². The summed E-state index contributed by atoms with van der Waals surface area (Å²) in [5.74, 6) is 3.91. The second-order valence-corrected chi connectivity index (χ2v) is 22.4. The van der Waals surface area contributed by atoms with Gasteiger partial charge >= 0.3 is 5.97 Å². The molecular weight excluding hydrogens is 1260 g/mol. The smallest absolute Gasteiger partial charge is 0.338 e. The van der Waals surface area contributed by atoms with E-state index in [-0.39, 0.29) is 5.97 Å². The third-order valence-corrected chi connectivity index (χ3v) is 15.1. The summed E-state index contributed by atoms with van der Waals surface area (Å²) in [6.07, 6.45) is 1.79. The first-order valence-corrected chi connectivity index (χ1v) is 32.0. The maximum Gasteiger partial charge on any atom is 0.338 e. The van der Waals surface area contributed by atoms with Gasteiger partial charge in [0.2, 0.25) is 53.5 Å². The summed E-state index contributed by atoms with van der Waals surface area (Å²) in [4.78, 5) is 52.8. The Morgan fingerprint density at radius 2 is 0.701 bits per heavy atom. The largest absolute Gasteiger partial charge is 0.497 e. The summed E-state index contributed by atoms with van der Waals surface area (Å²) >= 11 is 12.6. The fraction of sp³-hybridized carbons (Fsp3) is 0.135. The highest BCUT2D eigenvalue weighted by molar-refractivity contribution is 6.33. The molecule has 0 aliphatic carbocycles. The molecule has 0 atom stereocenters. The zero-order valence-corrected chi connectivity index (χ0v) is 55.9. The Bertz CT molecular complexity index is 4520. The summed E-state index contributed by atoms with van der Waals surface area (Å²) in [5, 5.41) is 30.3. The minimum atomic E-state index is -0.366. The molecule has 9 aromatic carbocycles. The van der Waals surface area contributed by atoms with Gasteiger partial charge in [-0.3, -0.25) is 0 Å². The number of ether oxygens (including phenoxy) is 2. The molecule has 0 amide bonds. The van der Waals surface area contributed by atoms with Crippen LogP contribution in [0.5, 0.6) is 5.75 Å². The van der Waals surface area contributed by atoms with E-state index < -0.39 is 0 Å². The van der Waals surface area contributed by atoms with Crippen molar-refractivity contribution in [3.63, 3.8) is 0 Å². The summed E-state index contributed by atoms with van der Waals surface area (Å²) in [7, 11) is 1.62. The van der Waals surface area contributed by atoms with Gasteiger partial charge in [-0.05, 0) is 178 Å². The Morgan fingerprint density at radius 3 is 1.10 bits per heavy atom. The number of esters is 1. The zero-order chi connectivity index (χ0) is 67.9. The number of para-hydroxylation sites is 5. The second kappa shape index (κ2) is 33.8. The van der Waals surface area contributed by atoms with Crippen molar-refractivity contribution in [1.82, 2.24) is 44.9 Å². The molecule has 3 heterocycles. The maximum atomic E-state index is 11.9. The van der Waals surface area contributed by atoms with Crippen molar-refractivity contribution in [3.8, 4) is 5.75 Å². The number of nitrogens with one attached hydrogen (secondary N) is 9. The van der Waals surface area contributed by atoms with E-state index in [9.17, 15) is 4.79 Å². The molecule has 490 valence electrons. The normalized spacial score (nSPS) is 10.5. The standard InChI is InChI=1S/C26H26N6O3.2C24H23ClN6/c1-4-35-23(33)18-7-11-20(12-8-18)28-25-30-24(27-19-9-5-17(2)6-10-19)31-26(32-25)29-21-13-15-22(34-3)16-14-21;1-3-17-11-5-8-14-20(17)27-23-29-22(26-19-13-7-4-10-16(19)2)30-24(31-23)28-21-15-9-6-12-18(21)25;1-3-17-10-4-6-13-20(17)27-23-29-22(26-18-11-8-9-16(2)15-18)30-24(31-23)28-21-14-7-5-12-19(21)25/h5-16H,4H2,1-3H3,(H3,27,28,29,30,31,32);2*4-15H,3H2,1-2H3,(H3,26,27,28,29,30,31). The molecule has 0 spiro atoms. The number of carbonyl (C=O) groups is 1. The van der Waals surface area contributed by atoms with Crippen molar-refractivity contribution in [3.05, 3.63) is 262 Å². The molecule has 12 rings (SSSR count). The average molecular weight is 1330 g/mol. The monoisotopic (exact) mass is 1330 g/mol. The molecule has 0 unspecified atom stereocenters. The second-order valence-electron chi connectivity index (χ2n) is 21.6. The van der Waals surface area contributed by atoms with Gasteiger partial charge in [0.1, 0.15) is 5.75 Å². The first-order chi connectivity index (χ1) is 47.2. The van der Waals surface area contributed by atoms with E-state index in [1.165, 1.54) is 11.1 Å². The fourth-order valence-electron chi connectivity index (χ4n) is 9.43. The van der Waals surface area contributed by atoms with Crippen LogP contribution in [-0.2, 0) is 17.6 Å². The van der Waals surface area contributed by atoms with E-state index in [1.54, 1.807) is 38.3 Å². The molecule has 0 aliphatic rings. The Balaban J connectivity index is 0.000000158. The summed E-state index contributed by atoms with van der Waals surface area (Å²) < 4.78 is 10.3. The van der Waals surface area contributed by atoms with E-state index in [0.29, 0.717) is 81.4 Å². The Kier molecular flexibility index (Phi) is 23.6. The molecule has 12 aromatic rings. The molecular formula is C74H72Cl2N18O3. The summed E-state index contributed by atoms with van der Waals surface area (Å²) in [6.45, 7) is 12.4. The first-order valence-electron chi connectivity index (χ1n) is 31.2. The number of aromatic nitrogens is 9. The quantitative estimate of drug-likeness (QED) is 0.0270. The number of nitrogens with zero attached hydrogens (tertiary/aromatic N) is 9. The average Bonchev–Trinajstić information content (AvgIpc) is 0.915. The molecule has 0 saturated carbocycles. The van der Waals surface area contributed by atoms with E-state index >= 15 is 0 Å². The third kappa shape index (κ3) is 20.0. The zero-order valence-electron chi connectivity index (χ0n) is 54.4. The molecule has 0 saturated heterocycles. The van der Waals surface area contributed by atoms with Gasteiger partial charge in [-0.1, -0.05) is 146 Å². The highest BCUT2D eigenvalue weighted by Gasteiger charge is 2.16. The first kappa shape index (κ1) is 67.9. The lowest BCUT2D eigenvalue weighted by molar-refractivity contribution is 0.0526. The van der Waals surface area contributed by atoms with Gasteiger partial charge in [-0.25, -0.2) is 4.79 Å². The predicted molar refractivity (Wildman–Crippen MR) is 392 cm³/mol. The molecule has 21 nitrogen and oxygen atoms in total. The number of hydrogen-bond donors (Lipinski definition) is 9. The number of anilines is 18. The fourth-order valence-corrected chi connectivity index (χ4v) is 9.79. The van der Waals surface area contributed by atoms with Gasteiger partial charge < -0.3 is 57.3 Å². The van der Waals surface area contributed by atoms with Crippen LogP contribution in [0.3, 0.4) is 0 Å². The number of hydrogen-bond acceptors (Lipinski definition) is 21. The molecule has 0 fully saturated rings. The number of methoxy groups -OCH3 is 1. The van der Waals surface area contributed by atoms with Crippen LogP contribution in [0.1, 0.15) is 58.9 Å². The van der Waals surface area contributed by atoms with Crippen molar-refractivity contribution in [2.45, 2.75) is 54.4 Å². The number of aryl methyl sites for hydroxylation is 5. The molecule has 0 radical (unpaired) electrons. The molecule has 23 heteroatoms. The van der Waals surface area contributed by atoms with Crippen molar-refractivity contribution in [2.24, 2.45) is 0 Å². The summed E-state index contributed by atoms with van der Waals surface area (Å²) in [6, 6.07) is 69.4. The Morgan fingerprint density at radius 1 is 0.351 bits per heavy atom. The van der Waals surface area contributed by atoms with Crippen molar-refractivity contribution >= 4 is 134 Å². The minimum absolute atomic E-state index is 0.324. The van der Waals surface area contributed by atoms with Crippen molar-refractivity contribution < 1.29 is 14.3 Å². The maximum absolute atomic E-state index is 11.9. The third-order valence-electron chi connectivity index (χ3n) is 14.4. The van der Waals surface area contributed by atoms with Crippen LogP contribution in [0.15, 0.2) is 218 Å². The van der Waals surface area contributed by atoms with Crippen LogP contribution in [0.2, 0.25) is 10.0 Å². The molecule has 0 aliphatic heterocycles. The van der Waals surface area contributed by atoms with E-state index in [1.807, 2.05) is 203 Å². The lowest BCUT2D eigenvalue weighted by Gasteiger charge is -2.14. The number of rotatable bonds is 23. The van der Waals surface area contributed by atoms with Gasteiger partial charge in [-0.15, -0.1) is 0 Å². The Hall–Kier alpha value is -11.9. The highest BCUT2D eigenvalue weighted by atomic mass is 35.5. The van der Waals surface area contributed by atoms with Crippen LogP contribution in [0.25, 0.3) is 0 Å². The van der Waals surface area contributed by atoms with E-state index in [4.69, 9.17) is 32.7 Å². The number of benzene rings is 9. The van der Waals surface area contributed by atoms with Gasteiger partial charge in [0.05, 0.1) is 40.7 Å². The SMILES string of the molecule is CCOC(=O)c1ccc(Nc2nc(Nc3ccc(C)cc3)nc(Nc3ccc(OC)cc3)n2)cc1.CCc1ccccc1Nc1nc(Nc2cccc(C)c2)nc(Nc2ccccc2Cl)n1.CCc1ccccc1Nc1nc(Nc2ccccc2C)nc(Nc2ccccc2Cl)n1. The molecule has 97 heavy (non-hydrogen) atoms. The highest BCUT2D eigenvalue weighted by Crippen LogP contribution is 2.31. The summed E-state index contributed by atoms with van der Waals surface area (Å²) in [5.41, 5.74) is 13.8. The van der Waals surface area contributed by atoms with Crippen molar-refractivity contribution in [1.29, 1.82) is 0 Å².